The fraction of sp³-hybridized carbons (Fsp3) is 0.292. The molecule has 0 radical (unpaired) electrons. The molecule has 0 bridgehead atoms. The number of aromatic nitrogens is 2. The van der Waals surface area contributed by atoms with Gasteiger partial charge in [0.2, 0.25) is 5.43 Å². The summed E-state index contributed by atoms with van der Waals surface area (Å²) in [7, 11) is 0. The van der Waals surface area contributed by atoms with Crippen LogP contribution in [0.2, 0.25) is 0 Å². The maximum absolute atomic E-state index is 15.6. The highest BCUT2D eigenvalue weighted by Gasteiger charge is 2.26. The number of ketones is 1. The molecule has 3 heterocycles. The fourth-order valence-corrected chi connectivity index (χ4v) is 4.06. The molecule has 0 aliphatic carbocycles. The number of hydrogen-bond donors (Lipinski definition) is 1. The van der Waals surface area contributed by atoms with Gasteiger partial charge in [0.1, 0.15) is 11.5 Å². The fourth-order valence-electron chi connectivity index (χ4n) is 4.06. The highest BCUT2D eigenvalue weighted by atomic mass is 19.1. The van der Waals surface area contributed by atoms with Crippen molar-refractivity contribution in [1.29, 1.82) is 0 Å². The van der Waals surface area contributed by atoms with Gasteiger partial charge in [0.25, 0.3) is 0 Å². The van der Waals surface area contributed by atoms with E-state index in [4.69, 9.17) is 0 Å². The van der Waals surface area contributed by atoms with E-state index in [0.717, 1.165) is 6.07 Å². The number of anilines is 1. The Bertz CT molecular complexity index is 1250. The van der Waals surface area contributed by atoms with E-state index in [1.54, 1.807) is 42.4 Å². The molecular formula is C24H24F2N4O2. The van der Waals surface area contributed by atoms with Crippen molar-refractivity contribution in [3.63, 3.8) is 0 Å². The first-order chi connectivity index (χ1) is 15.4. The summed E-state index contributed by atoms with van der Waals surface area (Å²) in [5.74, 6) is -2.12. The molecular weight excluding hydrogens is 414 g/mol. The molecule has 0 spiro atoms. The van der Waals surface area contributed by atoms with Crippen LogP contribution in [-0.4, -0.2) is 41.0 Å². The number of nitrogens with one attached hydrogen (secondary N) is 1. The van der Waals surface area contributed by atoms with E-state index in [0.29, 0.717) is 31.7 Å². The van der Waals surface area contributed by atoms with E-state index in [1.165, 1.54) is 16.8 Å². The third-order valence-electron chi connectivity index (χ3n) is 5.63. The van der Waals surface area contributed by atoms with Gasteiger partial charge in [-0.05, 0) is 43.7 Å². The lowest BCUT2D eigenvalue weighted by Gasteiger charge is -2.34. The van der Waals surface area contributed by atoms with Gasteiger partial charge in [-0.1, -0.05) is 6.07 Å². The van der Waals surface area contributed by atoms with Gasteiger partial charge in [-0.2, -0.15) is 0 Å². The monoisotopic (exact) mass is 438 g/mol. The van der Waals surface area contributed by atoms with Crippen LogP contribution >= 0.6 is 0 Å². The molecule has 3 aromatic rings. The van der Waals surface area contributed by atoms with Crippen molar-refractivity contribution >= 4 is 28.4 Å². The van der Waals surface area contributed by atoms with Gasteiger partial charge in [-0.15, -0.1) is 0 Å². The lowest BCUT2D eigenvalue weighted by atomic mass is 10.0. The second-order valence-corrected chi connectivity index (χ2v) is 7.86. The molecule has 1 fully saturated rings. The van der Waals surface area contributed by atoms with Crippen molar-refractivity contribution in [2.45, 2.75) is 26.4 Å². The third kappa shape index (κ3) is 4.05. The molecule has 32 heavy (non-hydrogen) atoms. The predicted octanol–water partition coefficient (Wildman–Crippen LogP) is 3.39. The molecule has 0 saturated carbocycles. The molecule has 1 atom stereocenters. The lowest BCUT2D eigenvalue weighted by molar-refractivity contribution is 0.104. The quantitative estimate of drug-likeness (QED) is 0.489. The average molecular weight is 438 g/mol. The largest absolute Gasteiger partial charge is 0.364 e. The first-order valence-corrected chi connectivity index (χ1v) is 10.6. The number of allylic oxidation sites excluding steroid dienone is 1. The molecule has 166 valence electrons. The summed E-state index contributed by atoms with van der Waals surface area (Å²) < 4.78 is 32.1. The van der Waals surface area contributed by atoms with Crippen molar-refractivity contribution < 1.29 is 13.6 Å². The van der Waals surface area contributed by atoms with E-state index in [1.807, 2.05) is 6.92 Å². The molecule has 2 aromatic heterocycles. The molecule has 4 rings (SSSR count). The third-order valence-corrected chi connectivity index (χ3v) is 5.63. The highest BCUT2D eigenvalue weighted by Crippen LogP contribution is 2.30. The van der Waals surface area contributed by atoms with E-state index >= 15 is 8.78 Å². The van der Waals surface area contributed by atoms with E-state index < -0.39 is 22.8 Å². The number of piperazine rings is 1. The topological polar surface area (TPSA) is 67.2 Å². The van der Waals surface area contributed by atoms with Gasteiger partial charge in [-0.3, -0.25) is 14.6 Å². The number of pyridine rings is 2. The number of aryl methyl sites for hydroxylation is 1. The summed E-state index contributed by atoms with van der Waals surface area (Å²) >= 11 is 0. The van der Waals surface area contributed by atoms with Crippen LogP contribution in [0.25, 0.3) is 17.0 Å². The van der Waals surface area contributed by atoms with Crippen LogP contribution in [0.3, 0.4) is 0 Å². The Morgan fingerprint density at radius 3 is 2.88 bits per heavy atom. The summed E-state index contributed by atoms with van der Waals surface area (Å²) in [5.41, 5.74) is -0.259. The Hall–Kier alpha value is -3.39. The van der Waals surface area contributed by atoms with Gasteiger partial charge >= 0.3 is 0 Å². The number of rotatable bonds is 5. The second kappa shape index (κ2) is 9.00. The molecule has 1 aromatic carbocycles. The smallest absolute Gasteiger partial charge is 0.200 e. The van der Waals surface area contributed by atoms with Gasteiger partial charge in [0, 0.05) is 50.8 Å². The average Bonchev–Trinajstić information content (AvgIpc) is 2.79. The maximum Gasteiger partial charge on any atom is 0.200 e. The summed E-state index contributed by atoms with van der Waals surface area (Å²) in [6.45, 7) is 5.54. The van der Waals surface area contributed by atoms with Crippen LogP contribution in [0.15, 0.2) is 47.7 Å². The van der Waals surface area contributed by atoms with E-state index in [9.17, 15) is 9.59 Å². The minimum absolute atomic E-state index is 0.00729. The number of benzene rings is 1. The second-order valence-electron chi connectivity index (χ2n) is 7.86. The molecule has 1 saturated heterocycles. The van der Waals surface area contributed by atoms with E-state index in [2.05, 4.69) is 10.3 Å². The standard InChI is InChI=1S/C24H24F2N4O2/c1-3-29-14-18(20(31)7-6-16-5-4-8-27-12-16)24(32)17-11-19(25)23(21(26)22(17)29)30-10-9-28-15(2)13-30/h4-8,11-12,14-15,28H,3,9-10,13H2,1-2H3. The molecule has 1 unspecified atom stereocenters. The van der Waals surface area contributed by atoms with Crippen LogP contribution in [0.4, 0.5) is 14.5 Å². The zero-order chi connectivity index (χ0) is 22.8. The predicted molar refractivity (Wildman–Crippen MR) is 121 cm³/mol. The number of nitrogens with zero attached hydrogens (tertiary/aromatic N) is 3. The lowest BCUT2D eigenvalue weighted by Crippen LogP contribution is -2.49. The normalized spacial score (nSPS) is 16.8. The van der Waals surface area contributed by atoms with Crippen LogP contribution in [-0.2, 0) is 6.54 Å². The van der Waals surface area contributed by atoms with Gasteiger partial charge in [0.15, 0.2) is 11.6 Å². The summed E-state index contributed by atoms with van der Waals surface area (Å²) in [5, 5.41) is 3.10. The van der Waals surface area contributed by atoms with Crippen molar-refractivity contribution in [2.24, 2.45) is 0 Å². The van der Waals surface area contributed by atoms with E-state index in [-0.39, 0.29) is 28.2 Å². The minimum atomic E-state index is -0.806. The number of carbonyl (C=O) groups excluding carboxylic acids is 1. The molecule has 0 amide bonds. The van der Waals surface area contributed by atoms with Gasteiger partial charge in [0.05, 0.1) is 16.5 Å². The maximum atomic E-state index is 15.6. The molecule has 1 aliphatic heterocycles. The summed E-state index contributed by atoms with van der Waals surface area (Å²) in [6.07, 6.45) is 7.36. The van der Waals surface area contributed by atoms with Crippen molar-refractivity contribution in [3.8, 4) is 0 Å². The Kier molecular flexibility index (Phi) is 6.14. The van der Waals surface area contributed by atoms with Crippen molar-refractivity contribution in [1.82, 2.24) is 14.9 Å². The van der Waals surface area contributed by atoms with Crippen LogP contribution < -0.4 is 15.6 Å². The molecule has 8 heteroatoms. The van der Waals surface area contributed by atoms with Crippen molar-refractivity contribution in [3.05, 3.63) is 75.9 Å². The molecule has 6 nitrogen and oxygen atoms in total. The van der Waals surface area contributed by atoms with Crippen molar-refractivity contribution in [2.75, 3.05) is 24.5 Å². The first kappa shape index (κ1) is 21.8. The van der Waals surface area contributed by atoms with Gasteiger partial charge < -0.3 is 14.8 Å². The van der Waals surface area contributed by atoms with Crippen LogP contribution in [0, 0.1) is 11.6 Å². The minimum Gasteiger partial charge on any atom is -0.364 e. The Morgan fingerprint density at radius 1 is 1.38 bits per heavy atom. The number of halogens is 2. The van der Waals surface area contributed by atoms with Crippen LogP contribution in [0.1, 0.15) is 29.8 Å². The number of carbonyl (C=O) groups is 1. The van der Waals surface area contributed by atoms with Gasteiger partial charge in [-0.25, -0.2) is 8.78 Å². The molecule has 1 aliphatic rings. The SMILES string of the molecule is CCn1cc(C(=O)C=Cc2cccnc2)c(=O)c2cc(F)c(N3CCNC(C)C3)c(F)c21. The Balaban J connectivity index is 1.82. The number of hydrogen-bond acceptors (Lipinski definition) is 5. The summed E-state index contributed by atoms with van der Waals surface area (Å²) in [4.78, 5) is 31.4. The molecule has 1 N–H and O–H groups in total. The number of fused-ring (bicyclic) bond motifs is 1. The van der Waals surface area contributed by atoms with Crippen LogP contribution in [0.5, 0.6) is 0 Å². The Morgan fingerprint density at radius 2 is 2.19 bits per heavy atom. The zero-order valence-corrected chi connectivity index (χ0v) is 17.9. The highest BCUT2D eigenvalue weighted by molar-refractivity contribution is 6.08. The Labute approximate surface area is 184 Å². The summed E-state index contributed by atoms with van der Waals surface area (Å²) in [6, 6.07) is 4.63. The zero-order valence-electron chi connectivity index (χ0n) is 17.9. The first-order valence-electron chi connectivity index (χ1n) is 10.6.